The first-order chi connectivity index (χ1) is 8.38. The van der Waals surface area contributed by atoms with Crippen LogP contribution in [0.2, 0.25) is 0 Å². The van der Waals surface area contributed by atoms with Gasteiger partial charge >= 0.3 is 0 Å². The first-order valence-corrected chi connectivity index (χ1v) is 6.91. The second kappa shape index (κ2) is 6.67. The molecule has 1 N–H and O–H groups in total. The van der Waals surface area contributed by atoms with Crippen molar-refractivity contribution in [1.82, 2.24) is 5.32 Å². The van der Waals surface area contributed by atoms with E-state index in [1.807, 2.05) is 23.9 Å². The van der Waals surface area contributed by atoms with Crippen molar-refractivity contribution in [3.63, 3.8) is 0 Å². The van der Waals surface area contributed by atoms with Gasteiger partial charge in [-0.1, -0.05) is 12.1 Å². The van der Waals surface area contributed by atoms with Gasteiger partial charge in [0.15, 0.2) is 0 Å². The van der Waals surface area contributed by atoms with Crippen molar-refractivity contribution >= 4 is 18.0 Å². The highest BCUT2D eigenvalue weighted by molar-refractivity contribution is 8.00. The van der Waals surface area contributed by atoms with Crippen molar-refractivity contribution in [3.05, 3.63) is 29.8 Å². The Morgan fingerprint density at radius 2 is 2.24 bits per heavy atom. The fourth-order valence-corrected chi connectivity index (χ4v) is 2.81. The molecule has 1 aromatic rings. The number of carbonyl (C=O) groups excluding carboxylic acids is 1. The van der Waals surface area contributed by atoms with Gasteiger partial charge in [0.25, 0.3) is 0 Å². The minimum Gasteiger partial charge on any atom is -0.493 e. The Balaban J connectivity index is 1.81. The van der Waals surface area contributed by atoms with Crippen molar-refractivity contribution < 1.29 is 9.53 Å². The number of carbonyl (C=O) groups is 1. The first-order valence-electron chi connectivity index (χ1n) is 5.86. The number of aldehydes is 1. The molecular weight excluding hydrogens is 234 g/mol. The Kier molecular flexibility index (Phi) is 4.88. The van der Waals surface area contributed by atoms with Crippen LogP contribution in [0.25, 0.3) is 0 Å². The smallest absolute Gasteiger partial charge is 0.123 e. The second-order valence-electron chi connectivity index (χ2n) is 4.04. The van der Waals surface area contributed by atoms with Crippen molar-refractivity contribution in [1.29, 1.82) is 0 Å². The summed E-state index contributed by atoms with van der Waals surface area (Å²) in [7, 11) is 0. The molecule has 4 heteroatoms. The molecule has 1 heterocycles. The minimum absolute atomic E-state index is 0.451. The van der Waals surface area contributed by atoms with Crippen LogP contribution in [0.15, 0.2) is 24.3 Å². The van der Waals surface area contributed by atoms with E-state index in [0.29, 0.717) is 18.3 Å². The second-order valence-corrected chi connectivity index (χ2v) is 5.33. The minimum atomic E-state index is 0.451. The summed E-state index contributed by atoms with van der Waals surface area (Å²) in [5, 5.41) is 4.04. The molecule has 3 nitrogen and oxygen atoms in total. The zero-order valence-electron chi connectivity index (χ0n) is 9.72. The van der Waals surface area contributed by atoms with E-state index in [4.69, 9.17) is 4.74 Å². The molecule has 0 aliphatic carbocycles. The molecule has 1 unspecified atom stereocenters. The van der Waals surface area contributed by atoms with Crippen LogP contribution in [-0.4, -0.2) is 30.6 Å². The molecule has 0 amide bonds. The monoisotopic (exact) mass is 251 g/mol. The van der Waals surface area contributed by atoms with E-state index in [1.54, 1.807) is 0 Å². The van der Waals surface area contributed by atoms with Gasteiger partial charge in [0.1, 0.15) is 12.0 Å². The van der Waals surface area contributed by atoms with Crippen molar-refractivity contribution in [2.24, 2.45) is 0 Å². The number of rotatable bonds is 6. The number of nitrogens with one attached hydrogen (secondary N) is 1. The molecule has 1 saturated heterocycles. The van der Waals surface area contributed by atoms with Crippen LogP contribution in [0.3, 0.4) is 0 Å². The third-order valence-electron chi connectivity index (χ3n) is 2.68. The van der Waals surface area contributed by atoms with Crippen LogP contribution in [0.4, 0.5) is 0 Å². The highest BCUT2D eigenvalue weighted by Gasteiger charge is 2.15. The van der Waals surface area contributed by atoms with Gasteiger partial charge in [-0.05, 0) is 24.1 Å². The third kappa shape index (κ3) is 4.06. The fourth-order valence-electron chi connectivity index (χ4n) is 1.80. The summed E-state index contributed by atoms with van der Waals surface area (Å²) < 4.78 is 5.42. The lowest BCUT2D eigenvalue weighted by Gasteiger charge is -2.09. The summed E-state index contributed by atoms with van der Waals surface area (Å²) in [5.74, 6) is 1.91. The molecule has 2 rings (SSSR count). The van der Waals surface area contributed by atoms with E-state index in [-0.39, 0.29) is 0 Å². The Morgan fingerprint density at radius 3 is 2.88 bits per heavy atom. The maximum Gasteiger partial charge on any atom is 0.123 e. The molecule has 1 aromatic carbocycles. The molecule has 0 radical (unpaired) electrons. The maximum absolute atomic E-state index is 10.2. The molecule has 1 aliphatic heterocycles. The predicted octanol–water partition coefficient (Wildman–Crippen LogP) is 1.86. The van der Waals surface area contributed by atoms with Gasteiger partial charge in [-0.2, -0.15) is 0 Å². The van der Waals surface area contributed by atoms with Gasteiger partial charge in [0, 0.05) is 24.1 Å². The molecule has 1 aliphatic rings. The number of thioether (sulfide) groups is 1. The Hall–Kier alpha value is -1.00. The number of hydrogen-bond acceptors (Lipinski definition) is 4. The van der Waals surface area contributed by atoms with Gasteiger partial charge in [-0.25, -0.2) is 0 Å². The van der Waals surface area contributed by atoms with Crippen molar-refractivity contribution in [2.45, 2.75) is 18.1 Å². The van der Waals surface area contributed by atoms with Crippen molar-refractivity contribution in [3.8, 4) is 5.75 Å². The fraction of sp³-hybridized carbons (Fsp3) is 0.462. The van der Waals surface area contributed by atoms with Gasteiger partial charge in [-0.3, -0.25) is 0 Å². The molecule has 0 spiro atoms. The number of ether oxygens (including phenoxy) is 1. The quantitative estimate of drug-likeness (QED) is 0.618. The molecule has 0 aromatic heterocycles. The summed E-state index contributed by atoms with van der Waals surface area (Å²) >= 11 is 1.98. The number of benzene rings is 1. The Morgan fingerprint density at radius 1 is 1.41 bits per heavy atom. The van der Waals surface area contributed by atoms with Crippen LogP contribution in [0.1, 0.15) is 12.0 Å². The van der Waals surface area contributed by atoms with E-state index in [9.17, 15) is 4.79 Å². The third-order valence-corrected chi connectivity index (χ3v) is 3.86. The van der Waals surface area contributed by atoms with Crippen LogP contribution in [0.5, 0.6) is 5.75 Å². The Bertz CT molecular complexity index is 347. The normalized spacial score (nSPS) is 19.2. The predicted molar refractivity (Wildman–Crippen MR) is 70.6 cm³/mol. The molecule has 92 valence electrons. The highest BCUT2D eigenvalue weighted by Crippen LogP contribution is 2.21. The van der Waals surface area contributed by atoms with Gasteiger partial charge in [-0.15, -0.1) is 11.8 Å². The molecule has 17 heavy (non-hydrogen) atoms. The van der Waals surface area contributed by atoms with Crippen LogP contribution < -0.4 is 10.1 Å². The zero-order valence-corrected chi connectivity index (χ0v) is 10.5. The van der Waals surface area contributed by atoms with Crippen LogP contribution >= 0.6 is 11.8 Å². The summed E-state index contributed by atoms with van der Waals surface area (Å²) in [5.41, 5.74) is 1.34. The molecule has 1 atom stereocenters. The van der Waals surface area contributed by atoms with E-state index >= 15 is 0 Å². The maximum atomic E-state index is 10.2. The van der Waals surface area contributed by atoms with Gasteiger partial charge < -0.3 is 14.8 Å². The first kappa shape index (κ1) is 12.5. The largest absolute Gasteiger partial charge is 0.493 e. The van der Waals surface area contributed by atoms with Gasteiger partial charge in [0.05, 0.1) is 6.61 Å². The van der Waals surface area contributed by atoms with E-state index in [2.05, 4.69) is 17.4 Å². The average Bonchev–Trinajstić information content (AvgIpc) is 2.85. The lowest BCUT2D eigenvalue weighted by atomic mass is 10.1. The molecule has 1 fully saturated rings. The zero-order chi connectivity index (χ0) is 11.9. The molecule has 0 bridgehead atoms. The average molecular weight is 251 g/mol. The van der Waals surface area contributed by atoms with Crippen LogP contribution in [0, 0.1) is 0 Å². The highest BCUT2D eigenvalue weighted by atomic mass is 32.2. The van der Waals surface area contributed by atoms with Crippen LogP contribution in [-0.2, 0) is 11.2 Å². The van der Waals surface area contributed by atoms with Crippen molar-refractivity contribution in [2.75, 3.05) is 19.0 Å². The standard InChI is InChI=1S/C13H17NO2S/c15-6-1-7-16-12-4-2-11(3-5-12)8-13-9-14-10-17-13/h2-6,13-14H,1,7-10H2. The van der Waals surface area contributed by atoms with Gasteiger partial charge in [0.2, 0.25) is 0 Å². The topological polar surface area (TPSA) is 38.3 Å². The summed E-state index contributed by atoms with van der Waals surface area (Å²) in [6.45, 7) is 1.56. The lowest BCUT2D eigenvalue weighted by molar-refractivity contribution is -0.108. The molecular formula is C13H17NO2S. The lowest BCUT2D eigenvalue weighted by Crippen LogP contribution is -2.14. The SMILES string of the molecule is O=CCCOc1ccc(CC2CNCS2)cc1. The van der Waals surface area contributed by atoms with E-state index in [0.717, 1.165) is 30.9 Å². The summed E-state index contributed by atoms with van der Waals surface area (Å²) in [6.07, 6.45) is 2.43. The Labute approximate surface area is 106 Å². The number of hydrogen-bond donors (Lipinski definition) is 1. The molecule has 0 saturated carbocycles. The van der Waals surface area contributed by atoms with E-state index < -0.39 is 0 Å². The summed E-state index contributed by atoms with van der Waals surface area (Å²) in [4.78, 5) is 10.2. The summed E-state index contributed by atoms with van der Waals surface area (Å²) in [6, 6.07) is 8.17. The van der Waals surface area contributed by atoms with E-state index in [1.165, 1.54) is 5.56 Å².